The van der Waals surface area contributed by atoms with E-state index in [0.29, 0.717) is 5.76 Å². The first-order valence-corrected chi connectivity index (χ1v) is 10.2. The van der Waals surface area contributed by atoms with E-state index in [4.69, 9.17) is 20.9 Å². The van der Waals surface area contributed by atoms with Gasteiger partial charge in [0.05, 0.1) is 15.5 Å². The summed E-state index contributed by atoms with van der Waals surface area (Å²) in [7, 11) is -3.77. The van der Waals surface area contributed by atoms with Crippen molar-refractivity contribution in [1.82, 2.24) is 9.46 Å². The largest absolute Gasteiger partial charge is 0.452 e. The SMILES string of the molecule is CCN(CC)S(=O)(=O)c1ccc(Cl)c(C(=O)OCC(=O)Nc2cc(C)on2)c1. The number of ether oxygens (including phenoxy) is 1. The minimum absolute atomic E-state index is 0.0102. The van der Waals surface area contributed by atoms with Crippen LogP contribution in [0, 0.1) is 6.92 Å². The minimum Gasteiger partial charge on any atom is -0.452 e. The molecule has 0 aliphatic carbocycles. The van der Waals surface area contributed by atoms with Crippen molar-refractivity contribution in [3.63, 3.8) is 0 Å². The third-order valence-corrected chi connectivity index (χ3v) is 6.11. The van der Waals surface area contributed by atoms with Crippen molar-refractivity contribution in [2.45, 2.75) is 25.7 Å². The maximum absolute atomic E-state index is 12.6. The van der Waals surface area contributed by atoms with Crippen LogP contribution < -0.4 is 5.32 Å². The van der Waals surface area contributed by atoms with Crippen LogP contribution in [0.15, 0.2) is 33.7 Å². The number of hydrogen-bond donors (Lipinski definition) is 1. The Bertz CT molecular complexity index is 969. The van der Waals surface area contributed by atoms with Crippen molar-refractivity contribution in [1.29, 1.82) is 0 Å². The van der Waals surface area contributed by atoms with Crippen LogP contribution in [0.1, 0.15) is 30.0 Å². The molecule has 0 fully saturated rings. The molecule has 0 radical (unpaired) electrons. The highest BCUT2D eigenvalue weighted by molar-refractivity contribution is 7.89. The molecule has 0 unspecified atom stereocenters. The second-order valence-electron chi connectivity index (χ2n) is 5.68. The third kappa shape index (κ3) is 5.09. The predicted octanol–water partition coefficient (Wildman–Crippen LogP) is 2.46. The van der Waals surface area contributed by atoms with Crippen molar-refractivity contribution in [2.24, 2.45) is 0 Å². The van der Waals surface area contributed by atoms with E-state index in [9.17, 15) is 18.0 Å². The van der Waals surface area contributed by atoms with Gasteiger partial charge < -0.3 is 14.6 Å². The van der Waals surface area contributed by atoms with Gasteiger partial charge in [0.2, 0.25) is 10.0 Å². The van der Waals surface area contributed by atoms with Crippen LogP contribution in [-0.2, 0) is 19.6 Å². The van der Waals surface area contributed by atoms with Crippen molar-refractivity contribution in [3.8, 4) is 0 Å². The summed E-state index contributed by atoms with van der Waals surface area (Å²) >= 11 is 6.00. The van der Waals surface area contributed by atoms with E-state index in [1.807, 2.05) is 0 Å². The molecule has 2 rings (SSSR count). The first-order valence-electron chi connectivity index (χ1n) is 8.39. The quantitative estimate of drug-likeness (QED) is 0.640. The van der Waals surface area contributed by atoms with Gasteiger partial charge in [-0.2, -0.15) is 4.31 Å². The van der Waals surface area contributed by atoms with Crippen LogP contribution in [-0.4, -0.2) is 49.5 Å². The van der Waals surface area contributed by atoms with Gasteiger partial charge in [-0.3, -0.25) is 4.79 Å². The Morgan fingerprint density at radius 1 is 1.25 bits per heavy atom. The van der Waals surface area contributed by atoms with Crippen LogP contribution in [0.5, 0.6) is 0 Å². The Morgan fingerprint density at radius 2 is 1.93 bits per heavy atom. The second-order valence-corrected chi connectivity index (χ2v) is 8.02. The zero-order valence-electron chi connectivity index (χ0n) is 15.6. The fourth-order valence-corrected chi connectivity index (χ4v) is 4.03. The first kappa shape index (κ1) is 21.9. The summed E-state index contributed by atoms with van der Waals surface area (Å²) in [5.41, 5.74) is -0.153. The summed E-state index contributed by atoms with van der Waals surface area (Å²) in [6.45, 7) is 5.03. The molecule has 11 heteroatoms. The number of nitrogens with one attached hydrogen (secondary N) is 1. The lowest BCUT2D eigenvalue weighted by atomic mass is 10.2. The Morgan fingerprint density at radius 3 is 2.50 bits per heavy atom. The van der Waals surface area contributed by atoms with E-state index in [0.717, 1.165) is 6.07 Å². The summed E-state index contributed by atoms with van der Waals surface area (Å²) in [4.78, 5) is 24.0. The molecular weight excluding hydrogens is 410 g/mol. The summed E-state index contributed by atoms with van der Waals surface area (Å²) < 4.78 is 36.2. The Balaban J connectivity index is 2.11. The zero-order chi connectivity index (χ0) is 20.9. The van der Waals surface area contributed by atoms with Gasteiger partial charge in [-0.05, 0) is 25.1 Å². The molecule has 0 saturated heterocycles. The van der Waals surface area contributed by atoms with Crippen LogP contribution in [0.25, 0.3) is 0 Å². The monoisotopic (exact) mass is 429 g/mol. The van der Waals surface area contributed by atoms with Crippen molar-refractivity contribution in [2.75, 3.05) is 25.0 Å². The minimum atomic E-state index is -3.77. The van der Waals surface area contributed by atoms with E-state index >= 15 is 0 Å². The number of rotatable bonds is 8. The van der Waals surface area contributed by atoms with Crippen LogP contribution in [0.2, 0.25) is 5.02 Å². The van der Waals surface area contributed by atoms with Gasteiger partial charge in [0.15, 0.2) is 12.4 Å². The molecule has 0 saturated carbocycles. The number of aromatic nitrogens is 1. The summed E-state index contributed by atoms with van der Waals surface area (Å²) in [5, 5.41) is 5.99. The molecule has 1 N–H and O–H groups in total. The molecular formula is C17H20ClN3O6S. The highest BCUT2D eigenvalue weighted by Gasteiger charge is 2.24. The lowest BCUT2D eigenvalue weighted by Crippen LogP contribution is -2.30. The van der Waals surface area contributed by atoms with Gasteiger partial charge >= 0.3 is 5.97 Å². The molecule has 28 heavy (non-hydrogen) atoms. The predicted molar refractivity (Wildman–Crippen MR) is 102 cm³/mol. The van der Waals surface area contributed by atoms with Gasteiger partial charge in [0.1, 0.15) is 5.76 Å². The molecule has 0 spiro atoms. The zero-order valence-corrected chi connectivity index (χ0v) is 17.1. The second kappa shape index (κ2) is 9.18. The molecule has 1 heterocycles. The molecule has 1 amide bonds. The Labute approximate surface area is 167 Å². The van der Waals surface area contributed by atoms with Crippen LogP contribution in [0.3, 0.4) is 0 Å². The molecule has 1 aromatic heterocycles. The highest BCUT2D eigenvalue weighted by atomic mass is 35.5. The number of anilines is 1. The first-order chi connectivity index (χ1) is 13.2. The maximum atomic E-state index is 12.6. The standard InChI is InChI=1S/C17H20ClN3O6S/c1-4-21(5-2)28(24,25)12-6-7-14(18)13(9-12)17(23)26-10-16(22)19-15-8-11(3)27-20-15/h6-9H,4-5,10H2,1-3H3,(H,19,20,22). The average molecular weight is 430 g/mol. The number of halogens is 1. The number of benzene rings is 1. The van der Waals surface area contributed by atoms with Crippen LogP contribution in [0.4, 0.5) is 5.82 Å². The molecule has 0 bridgehead atoms. The summed E-state index contributed by atoms with van der Waals surface area (Å²) in [6.07, 6.45) is 0. The normalized spacial score (nSPS) is 11.5. The molecule has 9 nitrogen and oxygen atoms in total. The van der Waals surface area contributed by atoms with E-state index in [1.165, 1.54) is 22.5 Å². The number of amides is 1. The number of sulfonamides is 1. The maximum Gasteiger partial charge on any atom is 0.340 e. The molecule has 0 aliphatic heterocycles. The van der Waals surface area contributed by atoms with E-state index < -0.39 is 28.5 Å². The van der Waals surface area contributed by atoms with Gasteiger partial charge in [-0.15, -0.1) is 0 Å². The van der Waals surface area contributed by atoms with Crippen molar-refractivity contribution in [3.05, 3.63) is 40.6 Å². The molecule has 152 valence electrons. The molecule has 0 atom stereocenters. The molecule has 1 aromatic carbocycles. The highest BCUT2D eigenvalue weighted by Crippen LogP contribution is 2.23. The van der Waals surface area contributed by atoms with E-state index in [-0.39, 0.29) is 34.4 Å². The number of esters is 1. The van der Waals surface area contributed by atoms with E-state index in [1.54, 1.807) is 20.8 Å². The van der Waals surface area contributed by atoms with Crippen molar-refractivity contribution < 1.29 is 27.3 Å². The summed E-state index contributed by atoms with van der Waals surface area (Å²) in [6, 6.07) is 5.24. The molecule has 2 aromatic rings. The van der Waals surface area contributed by atoms with Gasteiger partial charge in [0.25, 0.3) is 5.91 Å². The van der Waals surface area contributed by atoms with Gasteiger partial charge in [-0.25, -0.2) is 13.2 Å². The van der Waals surface area contributed by atoms with Crippen LogP contribution >= 0.6 is 11.6 Å². The third-order valence-electron chi connectivity index (χ3n) is 3.73. The topological polar surface area (TPSA) is 119 Å². The smallest absolute Gasteiger partial charge is 0.340 e. The Kier molecular flexibility index (Phi) is 7.17. The fraction of sp³-hybridized carbons (Fsp3) is 0.353. The van der Waals surface area contributed by atoms with Gasteiger partial charge in [0, 0.05) is 19.2 Å². The van der Waals surface area contributed by atoms with E-state index in [2.05, 4.69) is 10.5 Å². The average Bonchev–Trinajstić information content (AvgIpc) is 3.05. The number of carbonyl (C=O) groups excluding carboxylic acids is 2. The lowest BCUT2D eigenvalue weighted by molar-refractivity contribution is -0.119. The number of aryl methyl sites for hydroxylation is 1. The van der Waals surface area contributed by atoms with Gasteiger partial charge in [-0.1, -0.05) is 30.6 Å². The molecule has 0 aliphatic rings. The number of nitrogens with zero attached hydrogens (tertiary/aromatic N) is 2. The lowest BCUT2D eigenvalue weighted by Gasteiger charge is -2.19. The van der Waals surface area contributed by atoms with Crippen molar-refractivity contribution >= 4 is 39.3 Å². The number of carbonyl (C=O) groups is 2. The fourth-order valence-electron chi connectivity index (χ4n) is 2.35. The summed E-state index contributed by atoms with van der Waals surface area (Å²) in [5.74, 6) is -0.869. The Hall–Kier alpha value is -2.43. The number of hydrogen-bond acceptors (Lipinski definition) is 7.